The highest BCUT2D eigenvalue weighted by Gasteiger charge is 2.13. The lowest BCUT2D eigenvalue weighted by Crippen LogP contribution is -2.13. The van der Waals surface area contributed by atoms with Crippen molar-refractivity contribution < 1.29 is 5.11 Å². The van der Waals surface area contributed by atoms with Gasteiger partial charge in [-0.1, -0.05) is 35.4 Å². The first-order chi connectivity index (χ1) is 9.04. The molecule has 19 heavy (non-hydrogen) atoms. The van der Waals surface area contributed by atoms with Crippen LogP contribution in [0.1, 0.15) is 16.7 Å². The normalized spacial score (nSPS) is 10.6. The molecule has 0 spiro atoms. The summed E-state index contributed by atoms with van der Waals surface area (Å²) in [7, 11) is 1.99. The van der Waals surface area contributed by atoms with Gasteiger partial charge in [0, 0.05) is 29.0 Å². The van der Waals surface area contributed by atoms with Gasteiger partial charge in [-0.25, -0.2) is 0 Å². The summed E-state index contributed by atoms with van der Waals surface area (Å²) in [5, 5.41) is 10.1. The second-order valence-electron chi connectivity index (χ2n) is 4.74. The van der Waals surface area contributed by atoms with Crippen LogP contribution >= 0.6 is 11.6 Å². The summed E-state index contributed by atoms with van der Waals surface area (Å²) < 4.78 is 0. The van der Waals surface area contributed by atoms with Crippen LogP contribution in [0.3, 0.4) is 0 Å². The molecule has 0 atom stereocenters. The van der Waals surface area contributed by atoms with Crippen molar-refractivity contribution in [3.05, 3.63) is 58.1 Å². The summed E-state index contributed by atoms with van der Waals surface area (Å²) in [6, 6.07) is 12.0. The molecule has 0 saturated carbocycles. The van der Waals surface area contributed by atoms with Gasteiger partial charge in [0.05, 0.1) is 6.61 Å². The molecule has 1 N–H and O–H groups in total. The summed E-state index contributed by atoms with van der Waals surface area (Å²) in [4.78, 5) is 2.06. The number of anilines is 2. The maximum Gasteiger partial charge on any atom is 0.0716 e. The maximum absolute atomic E-state index is 9.50. The van der Waals surface area contributed by atoms with Gasteiger partial charge in [0.2, 0.25) is 0 Å². The standard InChI is InChI=1S/C16H18ClNO/c1-11-7-8-15(12(2)9-11)18(3)16-6-4-5-14(17)13(16)10-19/h4-9,19H,10H2,1-3H3. The van der Waals surface area contributed by atoms with Crippen molar-refractivity contribution in [1.29, 1.82) is 0 Å². The molecule has 0 unspecified atom stereocenters. The Morgan fingerprint density at radius 1 is 1.11 bits per heavy atom. The van der Waals surface area contributed by atoms with Crippen molar-refractivity contribution in [3.63, 3.8) is 0 Å². The van der Waals surface area contributed by atoms with Gasteiger partial charge in [-0.05, 0) is 37.6 Å². The topological polar surface area (TPSA) is 23.5 Å². The monoisotopic (exact) mass is 275 g/mol. The lowest BCUT2D eigenvalue weighted by molar-refractivity contribution is 0.282. The van der Waals surface area contributed by atoms with E-state index in [-0.39, 0.29) is 6.61 Å². The number of hydrogen-bond donors (Lipinski definition) is 1. The van der Waals surface area contributed by atoms with Gasteiger partial charge in [-0.15, -0.1) is 0 Å². The van der Waals surface area contributed by atoms with Crippen molar-refractivity contribution in [2.75, 3.05) is 11.9 Å². The zero-order valence-electron chi connectivity index (χ0n) is 11.4. The van der Waals surface area contributed by atoms with Gasteiger partial charge in [0.15, 0.2) is 0 Å². The molecule has 2 nitrogen and oxygen atoms in total. The Labute approximate surface area is 119 Å². The molecule has 0 aliphatic rings. The molecular formula is C16H18ClNO. The van der Waals surface area contributed by atoms with E-state index in [0.717, 1.165) is 16.9 Å². The molecule has 0 heterocycles. The van der Waals surface area contributed by atoms with E-state index in [1.807, 2.05) is 19.2 Å². The summed E-state index contributed by atoms with van der Waals surface area (Å²) in [5.41, 5.74) is 5.24. The molecule has 2 aromatic carbocycles. The minimum Gasteiger partial charge on any atom is -0.392 e. The highest BCUT2D eigenvalue weighted by molar-refractivity contribution is 6.31. The van der Waals surface area contributed by atoms with Crippen LogP contribution in [0.4, 0.5) is 11.4 Å². The molecule has 0 radical (unpaired) electrons. The summed E-state index contributed by atoms with van der Waals surface area (Å²) in [6.45, 7) is 4.10. The number of aliphatic hydroxyl groups is 1. The SMILES string of the molecule is Cc1ccc(N(C)c2cccc(Cl)c2CO)c(C)c1. The average molecular weight is 276 g/mol. The zero-order valence-corrected chi connectivity index (χ0v) is 12.2. The quantitative estimate of drug-likeness (QED) is 0.907. The number of benzene rings is 2. The second kappa shape index (κ2) is 5.64. The Hall–Kier alpha value is -1.51. The first kappa shape index (κ1) is 13.9. The fourth-order valence-electron chi connectivity index (χ4n) is 2.33. The van der Waals surface area contributed by atoms with Crippen LogP contribution < -0.4 is 4.90 Å². The smallest absolute Gasteiger partial charge is 0.0716 e. The first-order valence-electron chi connectivity index (χ1n) is 6.24. The van der Waals surface area contributed by atoms with E-state index >= 15 is 0 Å². The van der Waals surface area contributed by atoms with E-state index in [4.69, 9.17) is 11.6 Å². The molecule has 2 aromatic rings. The first-order valence-corrected chi connectivity index (χ1v) is 6.61. The average Bonchev–Trinajstić information content (AvgIpc) is 2.37. The Morgan fingerprint density at radius 3 is 2.47 bits per heavy atom. The lowest BCUT2D eigenvalue weighted by Gasteiger charge is -2.24. The molecule has 100 valence electrons. The third-order valence-corrected chi connectivity index (χ3v) is 3.68. The van der Waals surface area contributed by atoms with E-state index in [9.17, 15) is 5.11 Å². The van der Waals surface area contributed by atoms with E-state index in [1.54, 1.807) is 6.07 Å². The Bertz CT molecular complexity index is 595. The summed E-state index contributed by atoms with van der Waals surface area (Å²) in [6.07, 6.45) is 0. The molecule has 0 bridgehead atoms. The Balaban J connectivity index is 2.50. The molecule has 0 aromatic heterocycles. The van der Waals surface area contributed by atoms with Crippen molar-refractivity contribution in [1.82, 2.24) is 0 Å². The Morgan fingerprint density at radius 2 is 1.84 bits per heavy atom. The van der Waals surface area contributed by atoms with Crippen molar-refractivity contribution in [3.8, 4) is 0 Å². The zero-order chi connectivity index (χ0) is 14.0. The predicted molar refractivity (Wildman–Crippen MR) is 81.4 cm³/mol. The van der Waals surface area contributed by atoms with E-state index in [1.165, 1.54) is 11.1 Å². The van der Waals surface area contributed by atoms with Crippen LogP contribution in [0.25, 0.3) is 0 Å². The van der Waals surface area contributed by atoms with Crippen LogP contribution in [-0.4, -0.2) is 12.2 Å². The fraction of sp³-hybridized carbons (Fsp3) is 0.250. The minimum atomic E-state index is -0.0652. The van der Waals surface area contributed by atoms with Crippen molar-refractivity contribution in [2.24, 2.45) is 0 Å². The van der Waals surface area contributed by atoms with Gasteiger partial charge in [-0.2, -0.15) is 0 Å². The number of halogens is 1. The summed E-state index contributed by atoms with van der Waals surface area (Å²) in [5.74, 6) is 0. The molecule has 0 fully saturated rings. The van der Waals surface area contributed by atoms with Gasteiger partial charge >= 0.3 is 0 Å². The van der Waals surface area contributed by atoms with E-state index in [0.29, 0.717) is 5.02 Å². The van der Waals surface area contributed by atoms with Crippen LogP contribution in [0.5, 0.6) is 0 Å². The van der Waals surface area contributed by atoms with Crippen LogP contribution in [0.2, 0.25) is 5.02 Å². The van der Waals surface area contributed by atoms with Crippen LogP contribution in [-0.2, 0) is 6.61 Å². The van der Waals surface area contributed by atoms with Gasteiger partial charge in [0.1, 0.15) is 0 Å². The number of hydrogen-bond acceptors (Lipinski definition) is 2. The molecule has 0 aliphatic carbocycles. The number of aliphatic hydroxyl groups excluding tert-OH is 1. The van der Waals surface area contributed by atoms with Crippen molar-refractivity contribution >= 4 is 23.0 Å². The minimum absolute atomic E-state index is 0.0652. The van der Waals surface area contributed by atoms with Crippen LogP contribution in [0, 0.1) is 13.8 Å². The third-order valence-electron chi connectivity index (χ3n) is 3.33. The molecular weight excluding hydrogens is 258 g/mol. The molecule has 0 aliphatic heterocycles. The lowest BCUT2D eigenvalue weighted by atomic mass is 10.1. The van der Waals surface area contributed by atoms with Crippen molar-refractivity contribution in [2.45, 2.75) is 20.5 Å². The number of nitrogens with zero attached hydrogens (tertiary/aromatic N) is 1. The molecule has 2 rings (SSSR count). The van der Waals surface area contributed by atoms with Gasteiger partial charge in [-0.3, -0.25) is 0 Å². The maximum atomic E-state index is 9.50. The number of rotatable bonds is 3. The second-order valence-corrected chi connectivity index (χ2v) is 5.15. The van der Waals surface area contributed by atoms with E-state index in [2.05, 4.69) is 36.9 Å². The van der Waals surface area contributed by atoms with Gasteiger partial charge < -0.3 is 10.0 Å². The number of aryl methyl sites for hydroxylation is 2. The predicted octanol–water partition coefficient (Wildman–Crippen LogP) is 4.22. The largest absolute Gasteiger partial charge is 0.392 e. The molecule has 3 heteroatoms. The van der Waals surface area contributed by atoms with Gasteiger partial charge in [0.25, 0.3) is 0 Å². The van der Waals surface area contributed by atoms with Crippen LogP contribution in [0.15, 0.2) is 36.4 Å². The highest BCUT2D eigenvalue weighted by atomic mass is 35.5. The van der Waals surface area contributed by atoms with E-state index < -0.39 is 0 Å². The third kappa shape index (κ3) is 2.75. The Kier molecular flexibility index (Phi) is 4.13. The molecule has 0 amide bonds. The summed E-state index contributed by atoms with van der Waals surface area (Å²) >= 11 is 6.14. The fourth-order valence-corrected chi connectivity index (χ4v) is 2.56. The highest BCUT2D eigenvalue weighted by Crippen LogP contribution is 2.33. The molecule has 0 saturated heterocycles.